The lowest BCUT2D eigenvalue weighted by atomic mass is 10.0. The zero-order chi connectivity index (χ0) is 13.8. The maximum Gasteiger partial charge on any atom is 0.122 e. The summed E-state index contributed by atoms with van der Waals surface area (Å²) in [4.78, 5) is 0. The molecule has 1 aromatic carbocycles. The van der Waals surface area contributed by atoms with Crippen LogP contribution in [0.5, 0.6) is 5.75 Å². The maximum absolute atomic E-state index is 5.89. The molecular weight excluding hydrogens is 224 g/mol. The minimum Gasteiger partial charge on any atom is -0.493 e. The Bertz CT molecular complexity index is 381. The lowest BCUT2D eigenvalue weighted by Gasteiger charge is -2.23. The highest BCUT2D eigenvalue weighted by Crippen LogP contribution is 2.25. The monoisotopic (exact) mass is 250 g/mol. The van der Waals surface area contributed by atoms with Gasteiger partial charge in [-0.25, -0.2) is 0 Å². The summed E-state index contributed by atoms with van der Waals surface area (Å²) in [5.74, 6) is 1.52. The molecule has 0 spiro atoms. The molecule has 0 amide bonds. The van der Waals surface area contributed by atoms with Crippen molar-refractivity contribution in [2.75, 3.05) is 13.7 Å². The van der Waals surface area contributed by atoms with Gasteiger partial charge in [-0.2, -0.15) is 0 Å². The standard InChI is InChI=1S/C16H26O2/c1-12(2)14-8-7-13(3)15(11-14)18-10-9-16(4,5)17-6/h7-8,11-12H,9-10H2,1-6H3. The molecule has 0 fully saturated rings. The van der Waals surface area contributed by atoms with E-state index in [9.17, 15) is 0 Å². The summed E-state index contributed by atoms with van der Waals surface area (Å²) >= 11 is 0. The topological polar surface area (TPSA) is 18.5 Å². The van der Waals surface area contributed by atoms with Gasteiger partial charge in [-0.3, -0.25) is 0 Å². The molecule has 2 nitrogen and oxygen atoms in total. The van der Waals surface area contributed by atoms with Crippen molar-refractivity contribution in [1.29, 1.82) is 0 Å². The Labute approximate surface area is 111 Å². The van der Waals surface area contributed by atoms with Crippen LogP contribution < -0.4 is 4.74 Å². The molecule has 102 valence electrons. The van der Waals surface area contributed by atoms with Crippen LogP contribution in [0.15, 0.2) is 18.2 Å². The molecule has 0 aromatic heterocycles. The zero-order valence-corrected chi connectivity index (χ0v) is 12.5. The van der Waals surface area contributed by atoms with Crippen LogP contribution >= 0.6 is 0 Å². The Morgan fingerprint density at radius 1 is 1.22 bits per heavy atom. The third kappa shape index (κ3) is 4.34. The minimum absolute atomic E-state index is 0.121. The van der Waals surface area contributed by atoms with E-state index in [1.165, 1.54) is 11.1 Å². The third-order valence-electron chi connectivity index (χ3n) is 3.39. The van der Waals surface area contributed by atoms with Crippen LogP contribution in [0.4, 0.5) is 0 Å². The number of hydrogen-bond acceptors (Lipinski definition) is 2. The summed E-state index contributed by atoms with van der Waals surface area (Å²) in [6.07, 6.45) is 0.884. The first-order valence-electron chi connectivity index (χ1n) is 6.64. The first-order valence-corrected chi connectivity index (χ1v) is 6.64. The predicted octanol–water partition coefficient (Wildman–Crippen LogP) is 4.31. The molecule has 0 aliphatic rings. The lowest BCUT2D eigenvalue weighted by Crippen LogP contribution is -2.25. The van der Waals surface area contributed by atoms with Gasteiger partial charge in [0.05, 0.1) is 12.2 Å². The van der Waals surface area contributed by atoms with E-state index in [0.717, 1.165) is 12.2 Å². The number of benzene rings is 1. The highest BCUT2D eigenvalue weighted by atomic mass is 16.5. The van der Waals surface area contributed by atoms with Crippen molar-refractivity contribution in [2.45, 2.75) is 52.6 Å². The van der Waals surface area contributed by atoms with E-state index in [0.29, 0.717) is 12.5 Å². The van der Waals surface area contributed by atoms with Crippen LogP contribution in [-0.2, 0) is 4.74 Å². The molecule has 0 bridgehead atoms. The highest BCUT2D eigenvalue weighted by Gasteiger charge is 2.16. The quantitative estimate of drug-likeness (QED) is 0.749. The fraction of sp³-hybridized carbons (Fsp3) is 0.625. The minimum atomic E-state index is -0.121. The van der Waals surface area contributed by atoms with E-state index in [-0.39, 0.29) is 5.60 Å². The van der Waals surface area contributed by atoms with Crippen LogP contribution in [-0.4, -0.2) is 19.3 Å². The number of methoxy groups -OCH3 is 1. The fourth-order valence-corrected chi connectivity index (χ4v) is 1.64. The van der Waals surface area contributed by atoms with Gasteiger partial charge in [-0.1, -0.05) is 26.0 Å². The van der Waals surface area contributed by atoms with Crippen molar-refractivity contribution in [1.82, 2.24) is 0 Å². The van der Waals surface area contributed by atoms with Crippen molar-refractivity contribution in [3.8, 4) is 5.75 Å². The van der Waals surface area contributed by atoms with Gasteiger partial charge in [-0.15, -0.1) is 0 Å². The molecule has 0 aliphatic heterocycles. The molecule has 2 heteroatoms. The SMILES string of the molecule is COC(C)(C)CCOc1cc(C(C)C)ccc1C. The largest absolute Gasteiger partial charge is 0.493 e. The Morgan fingerprint density at radius 3 is 2.44 bits per heavy atom. The van der Waals surface area contributed by atoms with Crippen LogP contribution in [0.25, 0.3) is 0 Å². The van der Waals surface area contributed by atoms with Crippen molar-refractivity contribution in [3.05, 3.63) is 29.3 Å². The smallest absolute Gasteiger partial charge is 0.122 e. The molecule has 0 radical (unpaired) electrons. The third-order valence-corrected chi connectivity index (χ3v) is 3.39. The van der Waals surface area contributed by atoms with Gasteiger partial charge in [0.15, 0.2) is 0 Å². The molecular formula is C16H26O2. The summed E-state index contributed by atoms with van der Waals surface area (Å²) in [5.41, 5.74) is 2.39. The second kappa shape index (κ2) is 6.24. The number of ether oxygens (including phenoxy) is 2. The summed E-state index contributed by atoms with van der Waals surface area (Å²) < 4.78 is 11.3. The second-order valence-corrected chi connectivity index (χ2v) is 5.74. The Kier molecular flexibility index (Phi) is 5.21. The van der Waals surface area contributed by atoms with E-state index < -0.39 is 0 Å². The van der Waals surface area contributed by atoms with E-state index in [1.807, 2.05) is 0 Å². The summed E-state index contributed by atoms with van der Waals surface area (Å²) in [6.45, 7) is 11.3. The second-order valence-electron chi connectivity index (χ2n) is 5.74. The van der Waals surface area contributed by atoms with Crippen LogP contribution in [0.1, 0.15) is 51.2 Å². The van der Waals surface area contributed by atoms with E-state index in [4.69, 9.17) is 9.47 Å². The van der Waals surface area contributed by atoms with Gasteiger partial charge in [0.1, 0.15) is 5.75 Å². The molecule has 0 saturated carbocycles. The van der Waals surface area contributed by atoms with E-state index >= 15 is 0 Å². The van der Waals surface area contributed by atoms with Crippen LogP contribution in [0.3, 0.4) is 0 Å². The highest BCUT2D eigenvalue weighted by molar-refractivity contribution is 5.37. The predicted molar refractivity (Wildman–Crippen MR) is 76.5 cm³/mol. The fourth-order valence-electron chi connectivity index (χ4n) is 1.64. The van der Waals surface area contributed by atoms with Crippen molar-refractivity contribution >= 4 is 0 Å². The molecule has 0 atom stereocenters. The number of aryl methyl sites for hydroxylation is 1. The summed E-state index contributed by atoms with van der Waals surface area (Å²) in [7, 11) is 1.74. The molecule has 18 heavy (non-hydrogen) atoms. The van der Waals surface area contributed by atoms with Crippen molar-refractivity contribution in [2.24, 2.45) is 0 Å². The van der Waals surface area contributed by atoms with Gasteiger partial charge in [0, 0.05) is 13.5 Å². The molecule has 0 unspecified atom stereocenters. The Morgan fingerprint density at radius 2 is 1.89 bits per heavy atom. The van der Waals surface area contributed by atoms with Gasteiger partial charge >= 0.3 is 0 Å². The van der Waals surface area contributed by atoms with Gasteiger partial charge < -0.3 is 9.47 Å². The summed E-state index contributed by atoms with van der Waals surface area (Å²) in [5, 5.41) is 0. The molecule has 0 saturated heterocycles. The van der Waals surface area contributed by atoms with Crippen LogP contribution in [0, 0.1) is 6.92 Å². The Hall–Kier alpha value is -1.02. The average molecular weight is 250 g/mol. The zero-order valence-electron chi connectivity index (χ0n) is 12.5. The first-order chi connectivity index (χ1) is 8.35. The molecule has 0 heterocycles. The van der Waals surface area contributed by atoms with E-state index in [2.05, 4.69) is 52.8 Å². The maximum atomic E-state index is 5.89. The van der Waals surface area contributed by atoms with E-state index in [1.54, 1.807) is 7.11 Å². The molecule has 1 rings (SSSR count). The van der Waals surface area contributed by atoms with Crippen LogP contribution in [0.2, 0.25) is 0 Å². The molecule has 0 aliphatic carbocycles. The summed E-state index contributed by atoms with van der Waals surface area (Å²) in [6, 6.07) is 6.46. The first kappa shape index (κ1) is 15.0. The molecule has 1 aromatic rings. The number of hydrogen-bond donors (Lipinski definition) is 0. The van der Waals surface area contributed by atoms with Gasteiger partial charge in [0.25, 0.3) is 0 Å². The number of rotatable bonds is 6. The van der Waals surface area contributed by atoms with Gasteiger partial charge in [-0.05, 0) is 43.9 Å². The molecule has 0 N–H and O–H groups in total. The average Bonchev–Trinajstić information content (AvgIpc) is 2.31. The van der Waals surface area contributed by atoms with Crippen molar-refractivity contribution < 1.29 is 9.47 Å². The normalized spacial score (nSPS) is 11.9. The lowest BCUT2D eigenvalue weighted by molar-refractivity contribution is 0.00539. The Balaban J connectivity index is 2.64. The van der Waals surface area contributed by atoms with Crippen molar-refractivity contribution in [3.63, 3.8) is 0 Å². The van der Waals surface area contributed by atoms with Gasteiger partial charge in [0.2, 0.25) is 0 Å².